The van der Waals surface area contributed by atoms with Gasteiger partial charge in [0.15, 0.2) is 0 Å². The second-order valence-corrected chi connectivity index (χ2v) is 5.37. The van der Waals surface area contributed by atoms with Gasteiger partial charge in [-0.25, -0.2) is 0 Å². The second-order valence-electron chi connectivity index (χ2n) is 5.37. The van der Waals surface area contributed by atoms with Gasteiger partial charge in [0.05, 0.1) is 0 Å². The van der Waals surface area contributed by atoms with Crippen molar-refractivity contribution in [3.8, 4) is 11.1 Å². The summed E-state index contributed by atoms with van der Waals surface area (Å²) in [5, 5.41) is 0. The minimum Gasteiger partial charge on any atom is -0.399 e. The van der Waals surface area contributed by atoms with Crippen molar-refractivity contribution in [3.63, 3.8) is 0 Å². The van der Waals surface area contributed by atoms with E-state index in [1.807, 2.05) is 48.5 Å². The maximum atomic E-state index is 5.61. The highest BCUT2D eigenvalue weighted by atomic mass is 14.5. The molecule has 3 rings (SSSR count). The number of hydrogen-bond donors (Lipinski definition) is 2. The average Bonchev–Trinajstić information content (AvgIpc) is 2.51. The van der Waals surface area contributed by atoms with Crippen molar-refractivity contribution in [1.29, 1.82) is 0 Å². The van der Waals surface area contributed by atoms with Crippen molar-refractivity contribution in [2.24, 2.45) is 0 Å². The van der Waals surface area contributed by atoms with Gasteiger partial charge in [0.25, 0.3) is 0 Å². The van der Waals surface area contributed by atoms with E-state index in [0.717, 1.165) is 22.5 Å². The summed E-state index contributed by atoms with van der Waals surface area (Å²) in [6.07, 6.45) is 9.00. The zero-order chi connectivity index (χ0) is 14.2. The molecule has 2 nitrogen and oxygen atoms in total. The predicted octanol–water partition coefficient (Wildman–Crippen LogP) is 4.86. The van der Waals surface area contributed by atoms with Crippen LogP contribution in [-0.2, 0) is 0 Å². The molecule has 1 fully saturated rings. The minimum absolute atomic E-state index is 0.782. The summed E-state index contributed by atoms with van der Waals surface area (Å²) in [5.41, 5.74) is 15.1. The summed E-state index contributed by atoms with van der Waals surface area (Å²) in [5.74, 6) is 0. The van der Waals surface area contributed by atoms with E-state index < -0.39 is 0 Å². The van der Waals surface area contributed by atoms with Crippen LogP contribution in [0.5, 0.6) is 0 Å². The van der Waals surface area contributed by atoms with Gasteiger partial charge in [-0.3, -0.25) is 0 Å². The Kier molecular flexibility index (Phi) is 5.48. The molecule has 106 valence electrons. The fourth-order valence-corrected chi connectivity index (χ4v) is 2.41. The first-order valence-electron chi connectivity index (χ1n) is 7.47. The van der Waals surface area contributed by atoms with Crippen LogP contribution in [0.25, 0.3) is 11.1 Å². The number of hydrogen-bond acceptors (Lipinski definition) is 2. The first-order valence-corrected chi connectivity index (χ1v) is 7.47. The van der Waals surface area contributed by atoms with E-state index in [1.54, 1.807) is 0 Å². The van der Waals surface area contributed by atoms with Crippen molar-refractivity contribution in [2.45, 2.75) is 38.5 Å². The molecule has 0 heterocycles. The van der Waals surface area contributed by atoms with Crippen molar-refractivity contribution in [2.75, 3.05) is 11.5 Å². The van der Waals surface area contributed by atoms with Crippen molar-refractivity contribution in [1.82, 2.24) is 0 Å². The lowest BCUT2D eigenvalue weighted by Gasteiger charge is -2.05. The van der Waals surface area contributed by atoms with Crippen LogP contribution in [0.1, 0.15) is 38.5 Å². The molecule has 1 saturated carbocycles. The molecule has 0 radical (unpaired) electrons. The third kappa shape index (κ3) is 4.61. The number of anilines is 2. The van der Waals surface area contributed by atoms with Crippen LogP contribution in [-0.4, -0.2) is 0 Å². The lowest BCUT2D eigenvalue weighted by Crippen LogP contribution is -1.85. The van der Waals surface area contributed by atoms with Crippen molar-refractivity contribution in [3.05, 3.63) is 48.5 Å². The number of nitrogens with two attached hydrogens (primary N) is 2. The van der Waals surface area contributed by atoms with E-state index in [9.17, 15) is 0 Å². The van der Waals surface area contributed by atoms with Crippen LogP contribution in [0.2, 0.25) is 0 Å². The molecular formula is C18H24N2. The summed E-state index contributed by atoms with van der Waals surface area (Å²) in [6.45, 7) is 0. The first kappa shape index (κ1) is 14.4. The third-order valence-electron chi connectivity index (χ3n) is 3.65. The Hall–Kier alpha value is -1.96. The van der Waals surface area contributed by atoms with Crippen LogP contribution in [0.3, 0.4) is 0 Å². The maximum Gasteiger partial charge on any atom is 0.0314 e. The smallest absolute Gasteiger partial charge is 0.0314 e. The molecule has 0 saturated heterocycles. The zero-order valence-corrected chi connectivity index (χ0v) is 12.0. The Morgan fingerprint density at radius 3 is 0.950 bits per heavy atom. The van der Waals surface area contributed by atoms with Crippen molar-refractivity contribution >= 4 is 11.4 Å². The molecule has 0 unspecified atom stereocenters. The summed E-state index contributed by atoms with van der Waals surface area (Å²) >= 11 is 0. The quantitative estimate of drug-likeness (QED) is 0.726. The normalized spacial score (nSPS) is 14.2. The van der Waals surface area contributed by atoms with Gasteiger partial charge in [0.1, 0.15) is 0 Å². The molecule has 20 heavy (non-hydrogen) atoms. The van der Waals surface area contributed by atoms with Crippen LogP contribution in [0.4, 0.5) is 11.4 Å². The van der Waals surface area contributed by atoms with E-state index in [4.69, 9.17) is 11.5 Å². The van der Waals surface area contributed by atoms with Crippen LogP contribution in [0.15, 0.2) is 48.5 Å². The topological polar surface area (TPSA) is 52.0 Å². The Labute approximate surface area is 121 Å². The fourth-order valence-electron chi connectivity index (χ4n) is 2.41. The fraction of sp³-hybridized carbons (Fsp3) is 0.333. The molecule has 1 aliphatic rings. The SMILES string of the molecule is C1CCCCC1.Nc1ccc(-c2ccc(N)cc2)cc1. The summed E-state index contributed by atoms with van der Waals surface area (Å²) in [4.78, 5) is 0. The Bertz CT molecular complexity index is 441. The van der Waals surface area contributed by atoms with E-state index in [-0.39, 0.29) is 0 Å². The Morgan fingerprint density at radius 2 is 0.700 bits per heavy atom. The number of rotatable bonds is 1. The van der Waals surface area contributed by atoms with Gasteiger partial charge >= 0.3 is 0 Å². The van der Waals surface area contributed by atoms with Crippen molar-refractivity contribution < 1.29 is 0 Å². The predicted molar refractivity (Wildman–Crippen MR) is 88.4 cm³/mol. The highest BCUT2D eigenvalue weighted by Crippen LogP contribution is 2.21. The molecule has 0 atom stereocenters. The molecule has 0 spiro atoms. The molecule has 2 aromatic rings. The monoisotopic (exact) mass is 268 g/mol. The molecule has 2 heteroatoms. The molecule has 0 amide bonds. The van der Waals surface area contributed by atoms with Crippen LogP contribution < -0.4 is 11.5 Å². The average molecular weight is 268 g/mol. The van der Waals surface area contributed by atoms with E-state index >= 15 is 0 Å². The summed E-state index contributed by atoms with van der Waals surface area (Å²) < 4.78 is 0. The molecule has 0 bridgehead atoms. The van der Waals surface area contributed by atoms with Crippen LogP contribution >= 0.6 is 0 Å². The molecule has 0 aromatic heterocycles. The second kappa shape index (κ2) is 7.59. The molecular weight excluding hydrogens is 244 g/mol. The Morgan fingerprint density at radius 1 is 0.450 bits per heavy atom. The molecule has 2 aromatic carbocycles. The lowest BCUT2D eigenvalue weighted by molar-refractivity contribution is 0.504. The van der Waals surface area contributed by atoms with Gasteiger partial charge in [-0.15, -0.1) is 0 Å². The van der Waals surface area contributed by atoms with Gasteiger partial charge in [-0.2, -0.15) is 0 Å². The maximum absolute atomic E-state index is 5.61. The third-order valence-corrected chi connectivity index (χ3v) is 3.65. The van der Waals surface area contributed by atoms with Gasteiger partial charge in [-0.05, 0) is 35.4 Å². The number of benzene rings is 2. The van der Waals surface area contributed by atoms with E-state index in [2.05, 4.69) is 0 Å². The minimum atomic E-state index is 0.782. The van der Waals surface area contributed by atoms with Gasteiger partial charge < -0.3 is 11.5 Å². The van der Waals surface area contributed by atoms with E-state index in [0.29, 0.717) is 0 Å². The van der Waals surface area contributed by atoms with Gasteiger partial charge in [0.2, 0.25) is 0 Å². The molecule has 1 aliphatic carbocycles. The highest BCUT2D eigenvalue weighted by Gasteiger charge is 1.96. The van der Waals surface area contributed by atoms with Gasteiger partial charge in [-0.1, -0.05) is 62.8 Å². The molecule has 4 N–H and O–H groups in total. The highest BCUT2D eigenvalue weighted by molar-refractivity contribution is 5.67. The molecule has 0 aliphatic heterocycles. The summed E-state index contributed by atoms with van der Waals surface area (Å²) in [7, 11) is 0. The van der Waals surface area contributed by atoms with Crippen LogP contribution in [0, 0.1) is 0 Å². The van der Waals surface area contributed by atoms with E-state index in [1.165, 1.54) is 38.5 Å². The largest absolute Gasteiger partial charge is 0.399 e. The Balaban J connectivity index is 0.000000205. The first-order chi connectivity index (χ1) is 9.75. The van der Waals surface area contributed by atoms with Gasteiger partial charge in [0, 0.05) is 11.4 Å². The standard InChI is InChI=1S/C12H12N2.C6H12/c13-11-5-1-9(2-6-11)10-3-7-12(14)8-4-10;1-2-4-6-5-3-1/h1-8H,13-14H2;1-6H2. The zero-order valence-electron chi connectivity index (χ0n) is 12.0. The lowest BCUT2D eigenvalue weighted by atomic mass is 10.0. The summed E-state index contributed by atoms with van der Waals surface area (Å²) in [6, 6.07) is 15.6. The number of nitrogen functional groups attached to an aromatic ring is 2.